The lowest BCUT2D eigenvalue weighted by atomic mass is 10.0. The van der Waals surface area contributed by atoms with E-state index >= 15 is 0 Å². The molecule has 2 aromatic rings. The molecule has 18 heavy (non-hydrogen) atoms. The van der Waals surface area contributed by atoms with Gasteiger partial charge in [0.1, 0.15) is 5.75 Å². The Hall–Kier alpha value is -1.13. The predicted molar refractivity (Wildman–Crippen MR) is 77.7 cm³/mol. The van der Waals surface area contributed by atoms with Crippen molar-refractivity contribution in [3.05, 3.63) is 50.6 Å². The zero-order valence-electron chi connectivity index (χ0n) is 9.98. The second-order valence-corrected chi connectivity index (χ2v) is 5.53. The Bertz CT molecular complexity index is 535. The molecule has 1 heterocycles. The van der Waals surface area contributed by atoms with Crippen LogP contribution in [0.25, 0.3) is 0 Å². The summed E-state index contributed by atoms with van der Waals surface area (Å²) in [5.74, 6) is 0.837. The Labute approximate surface area is 119 Å². The highest BCUT2D eigenvalue weighted by atomic mass is 79.9. The minimum atomic E-state index is 0.131. The van der Waals surface area contributed by atoms with E-state index in [1.54, 1.807) is 24.5 Å². The molecular weight excluding hydrogens is 312 g/mol. The van der Waals surface area contributed by atoms with E-state index < -0.39 is 0 Å². The van der Waals surface area contributed by atoms with E-state index in [1.165, 1.54) is 5.56 Å². The number of carbonyl (C=O) groups excluding carboxylic acids is 1. The second-order valence-electron chi connectivity index (χ2n) is 3.90. The van der Waals surface area contributed by atoms with Crippen LogP contribution in [0.1, 0.15) is 22.3 Å². The van der Waals surface area contributed by atoms with Crippen LogP contribution < -0.4 is 4.74 Å². The van der Waals surface area contributed by atoms with Crippen LogP contribution in [0, 0.1) is 0 Å². The highest BCUT2D eigenvalue weighted by Gasteiger charge is 2.11. The standard InChI is InChI=1S/C14H13BrO2S/c1-17-11-3-4-13(15)12(8-11)14(16)5-2-10-6-7-18-9-10/h3-4,6-9H,2,5H2,1H3. The lowest BCUT2D eigenvalue weighted by Gasteiger charge is -2.06. The zero-order valence-corrected chi connectivity index (χ0v) is 12.4. The molecule has 0 N–H and O–H groups in total. The van der Waals surface area contributed by atoms with Gasteiger partial charge in [0.05, 0.1) is 7.11 Å². The summed E-state index contributed by atoms with van der Waals surface area (Å²) in [6.07, 6.45) is 1.30. The van der Waals surface area contributed by atoms with Crippen LogP contribution >= 0.6 is 27.3 Å². The third-order valence-electron chi connectivity index (χ3n) is 2.69. The number of hydrogen-bond acceptors (Lipinski definition) is 3. The fourth-order valence-corrected chi connectivity index (χ4v) is 2.84. The lowest BCUT2D eigenvalue weighted by Crippen LogP contribution is -2.02. The fraction of sp³-hybridized carbons (Fsp3) is 0.214. The first-order valence-electron chi connectivity index (χ1n) is 5.58. The van der Waals surface area contributed by atoms with Crippen LogP contribution in [0.5, 0.6) is 5.75 Å². The van der Waals surface area contributed by atoms with Gasteiger partial charge in [-0.2, -0.15) is 11.3 Å². The van der Waals surface area contributed by atoms with Crippen LogP contribution in [-0.4, -0.2) is 12.9 Å². The van der Waals surface area contributed by atoms with Gasteiger partial charge >= 0.3 is 0 Å². The minimum Gasteiger partial charge on any atom is -0.497 e. The van der Waals surface area contributed by atoms with E-state index in [2.05, 4.69) is 27.4 Å². The predicted octanol–water partition coefficient (Wildman–Crippen LogP) is 4.33. The van der Waals surface area contributed by atoms with Crippen molar-refractivity contribution >= 4 is 33.0 Å². The third-order valence-corrected chi connectivity index (χ3v) is 4.12. The molecule has 0 aliphatic rings. The fourth-order valence-electron chi connectivity index (χ4n) is 1.67. The van der Waals surface area contributed by atoms with Crippen molar-refractivity contribution < 1.29 is 9.53 Å². The van der Waals surface area contributed by atoms with Crippen LogP contribution in [0.4, 0.5) is 0 Å². The average molecular weight is 325 g/mol. The number of hydrogen-bond donors (Lipinski definition) is 0. The normalized spacial score (nSPS) is 10.3. The summed E-state index contributed by atoms with van der Waals surface area (Å²) in [6, 6.07) is 7.51. The number of thiophene rings is 1. The SMILES string of the molecule is COc1ccc(Br)c(C(=O)CCc2ccsc2)c1. The molecule has 2 rings (SSSR count). The number of aryl methyl sites for hydroxylation is 1. The van der Waals surface area contributed by atoms with E-state index in [0.717, 1.165) is 10.9 Å². The number of Topliss-reactive ketones (excluding diaryl/α,β-unsaturated/α-hetero) is 1. The highest BCUT2D eigenvalue weighted by Crippen LogP contribution is 2.24. The Morgan fingerprint density at radius 1 is 1.39 bits per heavy atom. The van der Waals surface area contributed by atoms with Crippen molar-refractivity contribution in [3.8, 4) is 5.75 Å². The molecule has 0 aliphatic carbocycles. The Morgan fingerprint density at radius 2 is 2.22 bits per heavy atom. The molecule has 0 atom stereocenters. The summed E-state index contributed by atoms with van der Waals surface area (Å²) in [4.78, 5) is 12.1. The summed E-state index contributed by atoms with van der Waals surface area (Å²) in [7, 11) is 1.60. The number of carbonyl (C=O) groups is 1. The molecule has 0 unspecified atom stereocenters. The molecule has 94 valence electrons. The van der Waals surface area contributed by atoms with Gasteiger partial charge in [0.15, 0.2) is 5.78 Å². The van der Waals surface area contributed by atoms with Gasteiger partial charge in [-0.15, -0.1) is 0 Å². The van der Waals surface area contributed by atoms with Gasteiger partial charge in [-0.1, -0.05) is 15.9 Å². The quantitative estimate of drug-likeness (QED) is 0.765. The number of ketones is 1. The monoisotopic (exact) mass is 324 g/mol. The number of methoxy groups -OCH3 is 1. The maximum absolute atomic E-state index is 12.1. The maximum atomic E-state index is 12.1. The topological polar surface area (TPSA) is 26.3 Å². The first kappa shape index (κ1) is 13.3. The van der Waals surface area contributed by atoms with Crippen molar-refractivity contribution in [1.29, 1.82) is 0 Å². The van der Waals surface area contributed by atoms with Gasteiger partial charge in [-0.25, -0.2) is 0 Å². The number of benzene rings is 1. The Kier molecular flexibility index (Phi) is 4.55. The van der Waals surface area contributed by atoms with Gasteiger partial charge in [0.2, 0.25) is 0 Å². The highest BCUT2D eigenvalue weighted by molar-refractivity contribution is 9.10. The number of ether oxygens (including phenoxy) is 1. The van der Waals surface area contributed by atoms with E-state index in [4.69, 9.17) is 4.74 Å². The van der Waals surface area contributed by atoms with Crippen molar-refractivity contribution in [2.24, 2.45) is 0 Å². The largest absolute Gasteiger partial charge is 0.497 e. The molecule has 0 amide bonds. The molecule has 0 fully saturated rings. The number of halogens is 1. The third kappa shape index (κ3) is 3.21. The summed E-state index contributed by atoms with van der Waals surface area (Å²) in [5.41, 5.74) is 1.90. The van der Waals surface area contributed by atoms with Gasteiger partial charge in [0.25, 0.3) is 0 Å². The molecule has 0 spiro atoms. The molecule has 0 radical (unpaired) electrons. The van der Waals surface area contributed by atoms with Crippen molar-refractivity contribution in [3.63, 3.8) is 0 Å². The molecule has 4 heteroatoms. The zero-order chi connectivity index (χ0) is 13.0. The van der Waals surface area contributed by atoms with Gasteiger partial charge in [-0.05, 0) is 47.0 Å². The molecule has 2 nitrogen and oxygen atoms in total. The summed E-state index contributed by atoms with van der Waals surface area (Å²) < 4.78 is 5.96. The lowest BCUT2D eigenvalue weighted by molar-refractivity contribution is 0.0982. The second kappa shape index (κ2) is 6.16. The van der Waals surface area contributed by atoms with Gasteiger partial charge in [-0.3, -0.25) is 4.79 Å². The van der Waals surface area contributed by atoms with Crippen molar-refractivity contribution in [1.82, 2.24) is 0 Å². The van der Waals surface area contributed by atoms with Crippen LogP contribution in [0.15, 0.2) is 39.5 Å². The van der Waals surface area contributed by atoms with Gasteiger partial charge in [0, 0.05) is 16.5 Å². The van der Waals surface area contributed by atoms with Crippen LogP contribution in [-0.2, 0) is 6.42 Å². The molecule has 1 aromatic carbocycles. The Balaban J connectivity index is 2.08. The summed E-state index contributed by atoms with van der Waals surface area (Å²) >= 11 is 5.06. The molecule has 0 aliphatic heterocycles. The first-order valence-corrected chi connectivity index (χ1v) is 7.32. The van der Waals surface area contributed by atoms with E-state index in [9.17, 15) is 4.79 Å². The minimum absolute atomic E-state index is 0.131. The smallest absolute Gasteiger partial charge is 0.164 e. The van der Waals surface area contributed by atoms with E-state index in [1.807, 2.05) is 17.5 Å². The van der Waals surface area contributed by atoms with Gasteiger partial charge < -0.3 is 4.74 Å². The average Bonchev–Trinajstić information content (AvgIpc) is 2.89. The first-order chi connectivity index (χ1) is 8.70. The van der Waals surface area contributed by atoms with Crippen molar-refractivity contribution in [2.75, 3.05) is 7.11 Å². The van der Waals surface area contributed by atoms with Crippen LogP contribution in [0.3, 0.4) is 0 Å². The molecular formula is C14H13BrO2S. The summed E-state index contributed by atoms with van der Waals surface area (Å²) in [5, 5.41) is 4.11. The van der Waals surface area contributed by atoms with Crippen LogP contribution in [0.2, 0.25) is 0 Å². The molecule has 0 bridgehead atoms. The maximum Gasteiger partial charge on any atom is 0.164 e. The molecule has 0 saturated carbocycles. The summed E-state index contributed by atoms with van der Waals surface area (Å²) in [6.45, 7) is 0. The molecule has 1 aromatic heterocycles. The Morgan fingerprint density at radius 3 is 2.89 bits per heavy atom. The molecule has 0 saturated heterocycles. The number of rotatable bonds is 5. The van der Waals surface area contributed by atoms with E-state index in [0.29, 0.717) is 17.7 Å². The van der Waals surface area contributed by atoms with E-state index in [-0.39, 0.29) is 5.78 Å². The van der Waals surface area contributed by atoms with Crippen molar-refractivity contribution in [2.45, 2.75) is 12.8 Å².